The van der Waals surface area contributed by atoms with E-state index < -0.39 is 30.0 Å². The van der Waals surface area contributed by atoms with E-state index >= 15 is 0 Å². The highest BCUT2D eigenvalue weighted by molar-refractivity contribution is 7.93. The van der Waals surface area contributed by atoms with E-state index in [2.05, 4.69) is 13.8 Å². The van der Waals surface area contributed by atoms with Crippen LogP contribution in [0.4, 0.5) is 0 Å². The molecule has 2 N–H and O–H groups in total. The van der Waals surface area contributed by atoms with Crippen LogP contribution in [0.2, 0.25) is 0 Å². The van der Waals surface area contributed by atoms with Crippen LogP contribution >= 0.6 is 12.0 Å². The lowest BCUT2D eigenvalue weighted by atomic mass is 9.46. The lowest BCUT2D eigenvalue weighted by Gasteiger charge is -2.60. The second kappa shape index (κ2) is 11.2. The third-order valence-electron chi connectivity index (χ3n) is 9.27. The van der Waals surface area contributed by atoms with E-state index in [0.29, 0.717) is 19.3 Å². The number of carbonyl (C=O) groups excluding carboxylic acids is 2. The van der Waals surface area contributed by atoms with Crippen molar-refractivity contribution in [2.75, 3.05) is 12.9 Å². The largest absolute Gasteiger partial charge is 0.393 e. The van der Waals surface area contributed by atoms with Crippen molar-refractivity contribution >= 4 is 23.6 Å². The van der Waals surface area contributed by atoms with Crippen LogP contribution in [0.15, 0.2) is 23.8 Å². The Morgan fingerprint density at radius 2 is 2.00 bits per heavy atom. The Morgan fingerprint density at radius 3 is 2.63 bits per heavy atom. The minimum Gasteiger partial charge on any atom is -0.393 e. The number of ketones is 2. The average Bonchev–Trinajstić information content (AvgIpc) is 3.12. The number of aliphatic hydroxyl groups excluding tert-OH is 2. The van der Waals surface area contributed by atoms with Gasteiger partial charge in [0.1, 0.15) is 12.2 Å². The monoisotopic (exact) mass is 508 g/mol. The maximum Gasteiger partial charge on any atom is 0.190 e. The molecule has 0 radical (unpaired) electrons. The molecule has 0 aromatic rings. The number of carbonyl (C=O) groups is 2. The summed E-state index contributed by atoms with van der Waals surface area (Å²) in [4.78, 5) is 25.4. The highest BCUT2D eigenvalue weighted by atomic mass is 32.2. The fourth-order valence-electron chi connectivity index (χ4n) is 7.85. The molecule has 0 bridgehead atoms. The van der Waals surface area contributed by atoms with Crippen LogP contribution in [0.5, 0.6) is 0 Å². The van der Waals surface area contributed by atoms with Crippen molar-refractivity contribution in [2.24, 2.45) is 28.6 Å². The second-order valence-electron chi connectivity index (χ2n) is 10.8. The Balaban J connectivity index is 0.00000167. The van der Waals surface area contributed by atoms with Crippen LogP contribution < -0.4 is 0 Å². The maximum atomic E-state index is 13.4. The summed E-state index contributed by atoms with van der Waals surface area (Å²) < 4.78 is 12.3. The van der Waals surface area contributed by atoms with Crippen LogP contribution in [0.25, 0.3) is 0 Å². The van der Waals surface area contributed by atoms with Gasteiger partial charge in [-0.15, -0.1) is 0 Å². The first-order valence-corrected chi connectivity index (χ1v) is 14.5. The van der Waals surface area contributed by atoms with Crippen LogP contribution in [0.3, 0.4) is 0 Å². The summed E-state index contributed by atoms with van der Waals surface area (Å²) in [6, 6.07) is 0. The number of allylic oxidation sites excluding steroid dienone is 4. The van der Waals surface area contributed by atoms with Crippen LogP contribution in [-0.2, 0) is 18.5 Å². The van der Waals surface area contributed by atoms with Crippen molar-refractivity contribution in [3.8, 4) is 0 Å². The van der Waals surface area contributed by atoms with Gasteiger partial charge in [0.15, 0.2) is 17.9 Å². The summed E-state index contributed by atoms with van der Waals surface area (Å²) >= 11 is 1.22. The van der Waals surface area contributed by atoms with Gasteiger partial charge in [0.25, 0.3) is 0 Å². The standard InChI is InChI=1S/C26H38O6S.C2H6/c1-5-6-22(32-33-4)31-26(21(30)15-27)12-10-19-18-8-7-16-13-17(28)9-11-24(16,2)23(18)20(29)14-25(19,26)3;1-2/h9,11,13,18-20,22-23,27,29H,5-8,10,12,14-15H2,1-4H3;1-2H3. The lowest BCUT2D eigenvalue weighted by molar-refractivity contribution is -0.232. The molecular weight excluding hydrogens is 464 g/mol. The van der Waals surface area contributed by atoms with Crippen molar-refractivity contribution in [1.29, 1.82) is 0 Å². The first-order chi connectivity index (χ1) is 16.7. The number of hydrogen-bond acceptors (Lipinski definition) is 7. The van der Waals surface area contributed by atoms with Gasteiger partial charge in [0.2, 0.25) is 0 Å². The summed E-state index contributed by atoms with van der Waals surface area (Å²) in [5.41, 5.74) is -1.02. The van der Waals surface area contributed by atoms with Crippen molar-refractivity contribution in [3.63, 3.8) is 0 Å². The Labute approximate surface area is 215 Å². The van der Waals surface area contributed by atoms with Crippen molar-refractivity contribution in [2.45, 2.75) is 97.6 Å². The Morgan fingerprint density at radius 1 is 1.29 bits per heavy atom. The first kappa shape index (κ1) is 28.6. The third kappa shape index (κ3) is 4.61. The SMILES string of the molecule is CC.CCCC(OSC)OC1(C(=O)CO)CCC2C3CCC4=CC(=O)C=CC4(C)C3C(O)CC21C. The molecule has 4 aliphatic rings. The maximum absolute atomic E-state index is 13.4. The van der Waals surface area contributed by atoms with Gasteiger partial charge in [-0.05, 0) is 74.6 Å². The smallest absolute Gasteiger partial charge is 0.190 e. The topological polar surface area (TPSA) is 93.1 Å². The summed E-state index contributed by atoms with van der Waals surface area (Å²) in [6.45, 7) is 9.68. The molecule has 0 spiro atoms. The van der Waals surface area contributed by atoms with Gasteiger partial charge in [0, 0.05) is 23.0 Å². The van der Waals surface area contributed by atoms with Crippen LogP contribution in [0, 0.1) is 28.6 Å². The molecule has 3 fully saturated rings. The zero-order valence-corrected chi connectivity index (χ0v) is 23.0. The van der Waals surface area contributed by atoms with E-state index in [1.807, 2.05) is 33.1 Å². The number of ether oxygens (including phenoxy) is 1. The normalized spacial score (nSPS) is 40.6. The first-order valence-electron chi connectivity index (χ1n) is 13.3. The highest BCUT2D eigenvalue weighted by Crippen LogP contribution is 2.68. The number of rotatable bonds is 8. The summed E-state index contributed by atoms with van der Waals surface area (Å²) in [5.74, 6) is 0.0985. The molecule has 35 heavy (non-hydrogen) atoms. The van der Waals surface area contributed by atoms with Gasteiger partial charge in [0.05, 0.1) is 6.10 Å². The molecule has 4 rings (SSSR count). The molecule has 0 amide bonds. The third-order valence-corrected chi connectivity index (χ3v) is 9.68. The predicted molar refractivity (Wildman–Crippen MR) is 139 cm³/mol. The number of Topliss-reactive ketones (excluding diaryl/α,β-unsaturated/α-hetero) is 1. The van der Waals surface area contributed by atoms with Gasteiger partial charge >= 0.3 is 0 Å². The Kier molecular flexibility index (Phi) is 9.13. The molecule has 0 heterocycles. The zero-order chi connectivity index (χ0) is 26.0. The van der Waals surface area contributed by atoms with E-state index in [1.54, 1.807) is 12.2 Å². The zero-order valence-electron chi connectivity index (χ0n) is 22.2. The molecular formula is C28H44O6S. The fourth-order valence-corrected chi connectivity index (χ4v) is 8.20. The Bertz CT molecular complexity index is 848. The van der Waals surface area contributed by atoms with E-state index in [1.165, 1.54) is 12.0 Å². The van der Waals surface area contributed by atoms with E-state index in [0.717, 1.165) is 31.3 Å². The molecule has 198 valence electrons. The summed E-state index contributed by atoms with van der Waals surface area (Å²) in [7, 11) is 0. The van der Waals surface area contributed by atoms with Gasteiger partial charge in [-0.3, -0.25) is 13.8 Å². The number of aliphatic hydroxyl groups is 2. The fraction of sp³-hybridized carbons (Fsp3) is 0.786. The highest BCUT2D eigenvalue weighted by Gasteiger charge is 2.69. The van der Waals surface area contributed by atoms with Crippen LogP contribution in [-0.4, -0.2) is 52.6 Å². The summed E-state index contributed by atoms with van der Waals surface area (Å²) in [6.07, 6.45) is 11.0. The van der Waals surface area contributed by atoms with Gasteiger partial charge < -0.3 is 14.9 Å². The predicted octanol–water partition coefficient (Wildman–Crippen LogP) is 5.03. The number of hydrogen-bond donors (Lipinski definition) is 2. The number of fused-ring (bicyclic) bond motifs is 5. The van der Waals surface area contributed by atoms with E-state index in [-0.39, 0.29) is 34.7 Å². The molecule has 0 aliphatic heterocycles. The quantitative estimate of drug-likeness (QED) is 0.351. The molecule has 0 aromatic carbocycles. The minimum atomic E-state index is -1.18. The van der Waals surface area contributed by atoms with Crippen molar-refractivity contribution < 1.29 is 28.7 Å². The lowest BCUT2D eigenvalue weighted by Crippen LogP contribution is -2.63. The average molecular weight is 509 g/mol. The molecule has 8 unspecified atom stereocenters. The molecule has 7 heteroatoms. The van der Waals surface area contributed by atoms with Crippen molar-refractivity contribution in [3.05, 3.63) is 23.8 Å². The molecule has 8 atom stereocenters. The second-order valence-corrected chi connectivity index (χ2v) is 11.3. The molecule has 6 nitrogen and oxygen atoms in total. The Hall–Kier alpha value is -0.990. The van der Waals surface area contributed by atoms with Gasteiger partial charge in [-0.25, -0.2) is 0 Å². The summed E-state index contributed by atoms with van der Waals surface area (Å²) in [5, 5.41) is 21.6. The molecule has 0 saturated heterocycles. The van der Waals surface area contributed by atoms with Crippen molar-refractivity contribution in [1.82, 2.24) is 0 Å². The molecule has 4 aliphatic carbocycles. The van der Waals surface area contributed by atoms with E-state index in [4.69, 9.17) is 8.92 Å². The minimum absolute atomic E-state index is 0.00570. The molecule has 0 aromatic heterocycles. The molecule has 3 saturated carbocycles. The van der Waals surface area contributed by atoms with Gasteiger partial charge in [-0.2, -0.15) is 0 Å². The van der Waals surface area contributed by atoms with Crippen LogP contribution in [0.1, 0.15) is 79.6 Å². The van der Waals surface area contributed by atoms with E-state index in [9.17, 15) is 19.8 Å². The van der Waals surface area contributed by atoms with Gasteiger partial charge in [-0.1, -0.05) is 52.7 Å².